The third kappa shape index (κ3) is 7.62. The molecule has 2 aromatic rings. The highest BCUT2D eigenvalue weighted by Gasteiger charge is 2.13. The van der Waals surface area contributed by atoms with E-state index in [9.17, 15) is 4.79 Å². The van der Waals surface area contributed by atoms with E-state index in [1.54, 1.807) is 6.07 Å². The summed E-state index contributed by atoms with van der Waals surface area (Å²) in [5.41, 5.74) is 4.00. The standard InChI is InChI=1S/C26H36N2O4/c1-20(2)8-10-28-11-13-31-14-15-32-25-7-6-23(26(30)27-9-12-29)18-24(25)17-21-4-3-5-22(16-21)19-28/h3-7,16,18,20,29H,8-15,17,19H2,1-2H3,(H,27,30). The van der Waals surface area contributed by atoms with Gasteiger partial charge < -0.3 is 19.9 Å². The second kappa shape index (κ2) is 12.6. The summed E-state index contributed by atoms with van der Waals surface area (Å²) in [5, 5.41) is 11.7. The molecular weight excluding hydrogens is 404 g/mol. The van der Waals surface area contributed by atoms with E-state index in [4.69, 9.17) is 14.6 Å². The molecule has 3 rings (SSSR count). The molecule has 0 aliphatic carbocycles. The zero-order valence-corrected chi connectivity index (χ0v) is 19.3. The molecule has 32 heavy (non-hydrogen) atoms. The largest absolute Gasteiger partial charge is 0.491 e. The molecule has 0 atom stereocenters. The number of hydrogen-bond donors (Lipinski definition) is 2. The lowest BCUT2D eigenvalue weighted by Crippen LogP contribution is -2.29. The average molecular weight is 441 g/mol. The molecule has 2 N–H and O–H groups in total. The molecule has 1 aliphatic heterocycles. The van der Waals surface area contributed by atoms with E-state index >= 15 is 0 Å². The van der Waals surface area contributed by atoms with E-state index in [2.05, 4.69) is 48.3 Å². The Balaban J connectivity index is 1.84. The number of aliphatic hydroxyl groups is 1. The summed E-state index contributed by atoms with van der Waals surface area (Å²) >= 11 is 0. The normalized spacial score (nSPS) is 15.5. The third-order valence-corrected chi connectivity index (χ3v) is 5.57. The van der Waals surface area contributed by atoms with Crippen LogP contribution in [0.1, 0.15) is 47.3 Å². The van der Waals surface area contributed by atoms with E-state index < -0.39 is 0 Å². The second-order valence-electron chi connectivity index (χ2n) is 8.72. The maximum Gasteiger partial charge on any atom is 0.251 e. The van der Waals surface area contributed by atoms with E-state index in [0.29, 0.717) is 37.7 Å². The highest BCUT2D eigenvalue weighted by atomic mass is 16.5. The lowest BCUT2D eigenvalue weighted by Gasteiger charge is -2.24. The van der Waals surface area contributed by atoms with Gasteiger partial charge in [0, 0.05) is 31.6 Å². The fourth-order valence-corrected chi connectivity index (χ4v) is 3.80. The Morgan fingerprint density at radius 3 is 2.78 bits per heavy atom. The number of nitrogens with zero attached hydrogens (tertiary/aromatic N) is 1. The quantitative estimate of drug-likeness (QED) is 0.722. The monoisotopic (exact) mass is 440 g/mol. The number of ether oxygens (including phenoxy) is 2. The fourth-order valence-electron chi connectivity index (χ4n) is 3.80. The Bertz CT molecular complexity index is 869. The topological polar surface area (TPSA) is 71.0 Å². The molecule has 174 valence electrons. The summed E-state index contributed by atoms with van der Waals surface area (Å²) in [7, 11) is 0. The molecule has 0 fully saturated rings. The van der Waals surface area contributed by atoms with E-state index in [0.717, 1.165) is 37.4 Å². The van der Waals surface area contributed by atoms with E-state index in [1.807, 2.05) is 12.1 Å². The lowest BCUT2D eigenvalue weighted by molar-refractivity contribution is 0.0764. The number of hydrogen-bond acceptors (Lipinski definition) is 5. The smallest absolute Gasteiger partial charge is 0.251 e. The number of benzene rings is 2. The molecule has 0 unspecified atom stereocenters. The number of rotatable bonds is 6. The van der Waals surface area contributed by atoms with Gasteiger partial charge in [-0.3, -0.25) is 9.69 Å². The lowest BCUT2D eigenvalue weighted by atomic mass is 9.99. The van der Waals surface area contributed by atoms with Crippen LogP contribution in [0.3, 0.4) is 0 Å². The Kier molecular flexibility index (Phi) is 9.53. The third-order valence-electron chi connectivity index (χ3n) is 5.57. The number of nitrogens with one attached hydrogen (secondary N) is 1. The molecule has 1 heterocycles. The molecule has 2 aromatic carbocycles. The molecule has 6 nitrogen and oxygen atoms in total. The van der Waals surface area contributed by atoms with Crippen LogP contribution in [0.2, 0.25) is 0 Å². The summed E-state index contributed by atoms with van der Waals surface area (Å²) in [5.74, 6) is 1.25. The van der Waals surface area contributed by atoms with Crippen molar-refractivity contribution in [1.29, 1.82) is 0 Å². The number of amides is 1. The van der Waals surface area contributed by atoms with Crippen LogP contribution in [0.15, 0.2) is 42.5 Å². The van der Waals surface area contributed by atoms with Crippen molar-refractivity contribution < 1.29 is 19.4 Å². The van der Waals surface area contributed by atoms with Gasteiger partial charge in [-0.15, -0.1) is 0 Å². The van der Waals surface area contributed by atoms with Crippen molar-refractivity contribution in [3.05, 3.63) is 64.7 Å². The second-order valence-corrected chi connectivity index (χ2v) is 8.72. The molecule has 0 saturated heterocycles. The summed E-state index contributed by atoms with van der Waals surface area (Å²) < 4.78 is 11.9. The molecule has 1 aliphatic rings. The van der Waals surface area contributed by atoms with Crippen LogP contribution in [0.4, 0.5) is 0 Å². The van der Waals surface area contributed by atoms with Crippen LogP contribution in [0.25, 0.3) is 0 Å². The maximum absolute atomic E-state index is 12.4. The minimum absolute atomic E-state index is 0.0826. The van der Waals surface area contributed by atoms with Gasteiger partial charge in [-0.05, 0) is 53.8 Å². The van der Waals surface area contributed by atoms with Gasteiger partial charge in [0.05, 0.1) is 19.8 Å². The SMILES string of the molecule is CC(C)CCN1CCOCCOc2ccc(C(=O)NCCO)cc2Cc2cccc(c2)C1. The van der Waals surface area contributed by atoms with Gasteiger partial charge in [-0.1, -0.05) is 38.1 Å². The molecule has 2 bridgehead atoms. The van der Waals surface area contributed by atoms with Gasteiger partial charge in [0.2, 0.25) is 0 Å². The van der Waals surface area contributed by atoms with Crippen molar-refractivity contribution >= 4 is 5.91 Å². The Hall–Kier alpha value is -2.41. The van der Waals surface area contributed by atoms with Gasteiger partial charge in [0.1, 0.15) is 12.4 Å². The van der Waals surface area contributed by atoms with Crippen molar-refractivity contribution in [1.82, 2.24) is 10.2 Å². The zero-order valence-electron chi connectivity index (χ0n) is 19.3. The van der Waals surface area contributed by atoms with E-state index in [-0.39, 0.29) is 19.1 Å². The Labute approximate surface area is 191 Å². The van der Waals surface area contributed by atoms with Crippen molar-refractivity contribution in [2.24, 2.45) is 5.92 Å². The van der Waals surface area contributed by atoms with Crippen LogP contribution in [-0.4, -0.2) is 62.0 Å². The first-order chi connectivity index (χ1) is 15.5. The summed E-state index contributed by atoms with van der Waals surface area (Å²) in [6.45, 7) is 9.20. The van der Waals surface area contributed by atoms with Crippen molar-refractivity contribution in [2.75, 3.05) is 46.1 Å². The molecule has 1 amide bonds. The predicted molar refractivity (Wildman–Crippen MR) is 126 cm³/mol. The zero-order chi connectivity index (χ0) is 22.8. The van der Waals surface area contributed by atoms with Gasteiger partial charge >= 0.3 is 0 Å². The summed E-state index contributed by atoms with van der Waals surface area (Å²) in [6.07, 6.45) is 1.84. The van der Waals surface area contributed by atoms with Crippen molar-refractivity contribution in [3.8, 4) is 5.75 Å². The van der Waals surface area contributed by atoms with E-state index in [1.165, 1.54) is 11.1 Å². The van der Waals surface area contributed by atoms with Gasteiger partial charge in [-0.25, -0.2) is 0 Å². The van der Waals surface area contributed by atoms with Gasteiger partial charge in [-0.2, -0.15) is 0 Å². The van der Waals surface area contributed by atoms with Gasteiger partial charge in [0.15, 0.2) is 0 Å². The highest BCUT2D eigenvalue weighted by Crippen LogP contribution is 2.24. The minimum atomic E-state index is -0.195. The Morgan fingerprint density at radius 2 is 1.97 bits per heavy atom. The summed E-state index contributed by atoms with van der Waals surface area (Å²) in [6, 6.07) is 14.2. The van der Waals surface area contributed by atoms with Crippen LogP contribution in [-0.2, 0) is 17.7 Å². The van der Waals surface area contributed by atoms with Crippen LogP contribution in [0.5, 0.6) is 5.75 Å². The van der Waals surface area contributed by atoms with Crippen molar-refractivity contribution in [2.45, 2.75) is 33.2 Å². The molecule has 0 aromatic heterocycles. The first-order valence-corrected chi connectivity index (χ1v) is 11.6. The van der Waals surface area contributed by atoms with Crippen molar-refractivity contribution in [3.63, 3.8) is 0 Å². The molecule has 6 heteroatoms. The number of fused-ring (bicyclic) bond motifs is 3. The Morgan fingerprint density at radius 1 is 1.12 bits per heavy atom. The number of carbonyl (C=O) groups is 1. The highest BCUT2D eigenvalue weighted by molar-refractivity contribution is 5.94. The number of carbonyl (C=O) groups excluding carboxylic acids is 1. The van der Waals surface area contributed by atoms with Crippen LogP contribution in [0, 0.1) is 5.92 Å². The van der Waals surface area contributed by atoms with Crippen LogP contribution < -0.4 is 10.1 Å². The summed E-state index contributed by atoms with van der Waals surface area (Å²) in [4.78, 5) is 14.8. The first-order valence-electron chi connectivity index (χ1n) is 11.6. The minimum Gasteiger partial charge on any atom is -0.491 e. The van der Waals surface area contributed by atoms with Gasteiger partial charge in [0.25, 0.3) is 5.91 Å². The fraction of sp³-hybridized carbons (Fsp3) is 0.500. The number of aliphatic hydroxyl groups excluding tert-OH is 1. The molecule has 0 radical (unpaired) electrons. The predicted octanol–water partition coefficient (Wildman–Crippen LogP) is 3.26. The molecule has 0 spiro atoms. The molecule has 0 saturated carbocycles. The average Bonchev–Trinajstić information content (AvgIpc) is 2.78. The molecular formula is C26H36N2O4. The maximum atomic E-state index is 12.4. The first kappa shape index (κ1) is 24.2. The van der Waals surface area contributed by atoms with Crippen LogP contribution >= 0.6 is 0 Å².